The largest absolute Gasteiger partial charge is 0.458 e. The summed E-state index contributed by atoms with van der Waals surface area (Å²) >= 11 is 0. The number of hydrogen-bond acceptors (Lipinski definition) is 9. The lowest BCUT2D eigenvalue weighted by molar-refractivity contribution is -0.157. The number of nitrogens with zero attached hydrogens (tertiary/aromatic N) is 1. The van der Waals surface area contributed by atoms with Crippen LogP contribution in [0.15, 0.2) is 4.99 Å². The summed E-state index contributed by atoms with van der Waals surface area (Å²) in [5.41, 5.74) is 11.0. The van der Waals surface area contributed by atoms with Crippen molar-refractivity contribution in [2.45, 2.75) is 157 Å². The lowest BCUT2D eigenvalue weighted by Crippen LogP contribution is -2.62. The van der Waals surface area contributed by atoms with Crippen molar-refractivity contribution in [3.63, 3.8) is 0 Å². The number of carbonyl (C=O) groups excluding carboxylic acids is 7. The predicted molar refractivity (Wildman–Crippen MR) is 219 cm³/mol. The third kappa shape index (κ3) is 18.6. The van der Waals surface area contributed by atoms with Gasteiger partial charge in [-0.2, -0.15) is 0 Å². The number of esters is 1. The predicted octanol–water partition coefficient (Wildman–Crippen LogP) is 1.37. The number of rotatable bonds is 20. The van der Waals surface area contributed by atoms with Crippen molar-refractivity contribution in [2.24, 2.45) is 52.0 Å². The number of cyclic esters (lactones) is 1. The van der Waals surface area contributed by atoms with Gasteiger partial charge in [0.1, 0.15) is 36.3 Å². The van der Waals surface area contributed by atoms with Crippen LogP contribution in [0.3, 0.4) is 0 Å². The average Bonchev–Trinajstić information content (AvgIpc) is 3.11. The molecule has 0 aliphatic carbocycles. The van der Waals surface area contributed by atoms with E-state index in [9.17, 15) is 33.6 Å². The quantitative estimate of drug-likeness (QED) is 0.0379. The van der Waals surface area contributed by atoms with Crippen molar-refractivity contribution in [3.05, 3.63) is 0 Å². The van der Waals surface area contributed by atoms with Crippen LogP contribution in [-0.4, -0.2) is 96.8 Å². The fraction of sp³-hybridized carbons (Fsp3) is 0.800. The van der Waals surface area contributed by atoms with E-state index < -0.39 is 90.2 Å². The molecule has 1 aliphatic rings. The highest BCUT2D eigenvalue weighted by Gasteiger charge is 2.40. The van der Waals surface area contributed by atoms with Crippen molar-refractivity contribution in [3.8, 4) is 0 Å². The Labute approximate surface area is 339 Å². The first kappa shape index (κ1) is 50.6. The Balaban J connectivity index is 3.58. The summed E-state index contributed by atoms with van der Waals surface area (Å²) in [5, 5.41) is 16.2. The Kier molecular flexibility index (Phi) is 22.2. The maximum Gasteiger partial charge on any atom is 0.329 e. The minimum absolute atomic E-state index is 0.0150. The van der Waals surface area contributed by atoms with Gasteiger partial charge >= 0.3 is 5.97 Å². The fourth-order valence-electron chi connectivity index (χ4n) is 6.18. The van der Waals surface area contributed by atoms with Gasteiger partial charge in [-0.15, -0.1) is 0 Å². The van der Waals surface area contributed by atoms with E-state index in [0.29, 0.717) is 18.8 Å². The topological polar surface area (TPSA) is 265 Å². The molecule has 0 aromatic rings. The Morgan fingerprint density at radius 3 is 1.93 bits per heavy atom. The third-order valence-corrected chi connectivity index (χ3v) is 10.5. The molecule has 8 atom stereocenters. The van der Waals surface area contributed by atoms with Crippen LogP contribution in [0, 0.1) is 35.5 Å². The molecular weight excluding hydrogens is 734 g/mol. The Bertz CT molecular complexity index is 1380. The zero-order chi connectivity index (χ0) is 43.6. The van der Waals surface area contributed by atoms with E-state index in [1.54, 1.807) is 13.8 Å². The zero-order valence-electron chi connectivity index (χ0n) is 36.2. The van der Waals surface area contributed by atoms with E-state index in [1.807, 2.05) is 41.5 Å². The molecule has 0 spiro atoms. The molecule has 10 N–H and O–H groups in total. The summed E-state index contributed by atoms with van der Waals surface area (Å²) < 4.78 is 5.80. The first-order valence-corrected chi connectivity index (χ1v) is 20.6. The number of nitrogens with one attached hydrogen (secondary N) is 6. The molecule has 17 nitrogen and oxygen atoms in total. The molecule has 1 saturated heterocycles. The van der Waals surface area contributed by atoms with Gasteiger partial charge in [0.25, 0.3) is 0 Å². The van der Waals surface area contributed by atoms with Gasteiger partial charge in [0.05, 0.1) is 6.54 Å². The van der Waals surface area contributed by atoms with Crippen LogP contribution in [0.2, 0.25) is 0 Å². The number of guanidine groups is 1. The highest BCUT2D eigenvalue weighted by molar-refractivity contribution is 5.97. The molecule has 0 aromatic carbocycles. The highest BCUT2D eigenvalue weighted by atomic mass is 16.5. The molecule has 0 bridgehead atoms. The second-order valence-corrected chi connectivity index (χ2v) is 17.0. The number of ether oxygens (including phenoxy) is 1. The van der Waals surface area contributed by atoms with E-state index in [0.717, 1.165) is 12.8 Å². The van der Waals surface area contributed by atoms with E-state index in [-0.39, 0.29) is 55.4 Å². The monoisotopic (exact) mass is 808 g/mol. The lowest BCUT2D eigenvalue weighted by Gasteiger charge is -2.32. The van der Waals surface area contributed by atoms with E-state index >= 15 is 0 Å². The molecule has 57 heavy (non-hydrogen) atoms. The number of amides is 6. The SMILES string of the molecule is CC(C)CCCCC(=O)N[C@@H](CC(C)C)C(=O)N[C@H](CCCN=C(N)N)C(=O)N[C@@H]1C(=O)N[C@@H]([C@@H](C)C(C)C)C(=O)NCC(=O)N[C@@H]([C@H](C)C(C)C)C(=O)O[C@@H]1C. The minimum Gasteiger partial charge on any atom is -0.458 e. The smallest absolute Gasteiger partial charge is 0.329 e. The first-order valence-electron chi connectivity index (χ1n) is 20.6. The van der Waals surface area contributed by atoms with Gasteiger partial charge in [-0.05, 0) is 68.1 Å². The minimum atomic E-state index is -1.54. The van der Waals surface area contributed by atoms with Gasteiger partial charge < -0.3 is 48.1 Å². The molecule has 1 aliphatic heterocycles. The number of unbranched alkanes of at least 4 members (excludes halogenated alkanes) is 1. The molecule has 0 unspecified atom stereocenters. The molecule has 0 saturated carbocycles. The molecule has 1 heterocycles. The Morgan fingerprint density at radius 1 is 0.754 bits per heavy atom. The Morgan fingerprint density at radius 2 is 1.37 bits per heavy atom. The molecule has 6 amide bonds. The van der Waals surface area contributed by atoms with E-state index in [2.05, 4.69) is 50.7 Å². The summed E-state index contributed by atoms with van der Waals surface area (Å²) in [6.45, 7) is 20.2. The van der Waals surface area contributed by atoms with Crippen LogP contribution in [0.25, 0.3) is 0 Å². The summed E-state index contributed by atoms with van der Waals surface area (Å²) in [7, 11) is 0. The zero-order valence-corrected chi connectivity index (χ0v) is 36.2. The van der Waals surface area contributed by atoms with Crippen LogP contribution in [-0.2, 0) is 38.3 Å². The van der Waals surface area contributed by atoms with Crippen LogP contribution >= 0.6 is 0 Å². The number of aliphatic imine (C=N–C) groups is 1. The van der Waals surface area contributed by atoms with Gasteiger partial charge in [-0.25, -0.2) is 4.79 Å². The maximum atomic E-state index is 14.2. The van der Waals surface area contributed by atoms with Gasteiger partial charge in [-0.1, -0.05) is 82.1 Å². The van der Waals surface area contributed by atoms with Crippen molar-refractivity contribution < 1.29 is 38.3 Å². The lowest BCUT2D eigenvalue weighted by atomic mass is 9.89. The second kappa shape index (κ2) is 25.0. The van der Waals surface area contributed by atoms with Crippen molar-refractivity contribution in [1.29, 1.82) is 0 Å². The summed E-state index contributed by atoms with van der Waals surface area (Å²) in [6, 6.07) is -5.99. The maximum absolute atomic E-state index is 14.2. The molecule has 326 valence electrons. The van der Waals surface area contributed by atoms with Crippen molar-refractivity contribution in [2.75, 3.05) is 13.1 Å². The molecule has 0 aromatic heterocycles. The van der Waals surface area contributed by atoms with Crippen LogP contribution in [0.5, 0.6) is 0 Å². The standard InChI is InChI=1S/C40H73N9O8/c1-21(2)15-12-13-17-30(50)45-29(19-22(3)4)36(53)46-28(16-14-18-43-40(41)42)35(52)49-34-27(11)57-39(56)33(26(10)24(7)8)47-31(51)20-44-37(54)32(48-38(34)55)25(9)23(5)6/h21-29,32-34H,12-20H2,1-11H3,(H,44,54)(H,45,50)(H,46,53)(H,47,51)(H,48,55)(H,49,52)(H4,41,42,43)/t25-,26+,27+,28+,29-,32-,33-,34-/m0/s1. The molecular formula is C40H73N9O8. The van der Waals surface area contributed by atoms with Crippen molar-refractivity contribution in [1.82, 2.24) is 31.9 Å². The van der Waals surface area contributed by atoms with Crippen LogP contribution in [0.1, 0.15) is 121 Å². The van der Waals surface area contributed by atoms with Gasteiger partial charge in [0, 0.05) is 13.0 Å². The second-order valence-electron chi connectivity index (χ2n) is 17.0. The average molecular weight is 808 g/mol. The van der Waals surface area contributed by atoms with E-state index in [4.69, 9.17) is 16.2 Å². The number of carbonyl (C=O) groups is 7. The molecule has 1 fully saturated rings. The summed E-state index contributed by atoms with van der Waals surface area (Å²) in [4.78, 5) is 99.3. The van der Waals surface area contributed by atoms with Crippen LogP contribution in [0.4, 0.5) is 0 Å². The first-order chi connectivity index (χ1) is 26.5. The Hall–Kier alpha value is -4.44. The van der Waals surface area contributed by atoms with E-state index in [1.165, 1.54) is 6.92 Å². The van der Waals surface area contributed by atoms with Gasteiger partial charge in [0.15, 0.2) is 5.96 Å². The van der Waals surface area contributed by atoms with Crippen molar-refractivity contribution >= 4 is 47.4 Å². The normalized spacial score (nSPS) is 21.7. The molecule has 17 heteroatoms. The number of hydrogen-bond donors (Lipinski definition) is 8. The highest BCUT2D eigenvalue weighted by Crippen LogP contribution is 2.19. The third-order valence-electron chi connectivity index (χ3n) is 10.5. The number of nitrogens with two attached hydrogens (primary N) is 2. The van der Waals surface area contributed by atoms with Crippen LogP contribution < -0.4 is 43.4 Å². The summed E-state index contributed by atoms with van der Waals surface area (Å²) in [5.74, 6) is -5.18. The fourth-order valence-corrected chi connectivity index (χ4v) is 6.18. The molecule has 1 rings (SSSR count). The van der Waals surface area contributed by atoms with Gasteiger partial charge in [0.2, 0.25) is 35.4 Å². The summed E-state index contributed by atoms with van der Waals surface area (Å²) in [6.07, 6.45) is 2.05. The van der Waals surface area contributed by atoms with Gasteiger partial charge in [-0.3, -0.25) is 33.8 Å². The molecule has 0 radical (unpaired) electrons.